The normalized spacial score (nSPS) is 26.9. The van der Waals surface area contributed by atoms with Gasteiger partial charge in [0.15, 0.2) is 0 Å². The third kappa shape index (κ3) is 3.20. The van der Waals surface area contributed by atoms with Crippen molar-refractivity contribution in [1.82, 2.24) is 25.2 Å². The van der Waals surface area contributed by atoms with Crippen LogP contribution in [0.15, 0.2) is 6.20 Å². The van der Waals surface area contributed by atoms with E-state index in [0.29, 0.717) is 0 Å². The third-order valence-corrected chi connectivity index (χ3v) is 4.88. The monoisotopic (exact) mass is 277 g/mol. The molecule has 112 valence electrons. The molecule has 1 N–H and O–H groups in total. The maximum absolute atomic E-state index is 4.23. The molecule has 2 aliphatic rings. The highest BCUT2D eigenvalue weighted by Crippen LogP contribution is 2.35. The van der Waals surface area contributed by atoms with E-state index in [2.05, 4.69) is 33.6 Å². The minimum absolute atomic E-state index is 0.824. The van der Waals surface area contributed by atoms with Gasteiger partial charge in [0.05, 0.1) is 12.2 Å². The van der Waals surface area contributed by atoms with Crippen molar-refractivity contribution in [2.75, 3.05) is 19.6 Å². The van der Waals surface area contributed by atoms with Gasteiger partial charge in [-0.05, 0) is 38.3 Å². The minimum Gasteiger partial charge on any atom is -0.311 e. The van der Waals surface area contributed by atoms with E-state index in [9.17, 15) is 0 Å². The fourth-order valence-corrected chi connectivity index (χ4v) is 3.79. The number of hydrogen-bond acceptors (Lipinski definition) is 4. The Bertz CT molecular complexity index is 416. The van der Waals surface area contributed by atoms with Crippen LogP contribution in [0.25, 0.3) is 0 Å². The van der Waals surface area contributed by atoms with Gasteiger partial charge in [-0.15, -0.1) is 5.10 Å². The minimum atomic E-state index is 0.824. The molecule has 1 aliphatic heterocycles. The summed E-state index contributed by atoms with van der Waals surface area (Å²) in [7, 11) is 0. The van der Waals surface area contributed by atoms with Crippen molar-refractivity contribution in [3.05, 3.63) is 11.9 Å². The van der Waals surface area contributed by atoms with Crippen LogP contribution in [0.2, 0.25) is 0 Å². The fourth-order valence-electron chi connectivity index (χ4n) is 3.79. The number of hydrogen-bond donors (Lipinski definition) is 1. The Morgan fingerprint density at radius 3 is 3.05 bits per heavy atom. The van der Waals surface area contributed by atoms with Crippen molar-refractivity contribution in [2.45, 2.75) is 58.2 Å². The van der Waals surface area contributed by atoms with Crippen LogP contribution in [0.5, 0.6) is 0 Å². The zero-order valence-electron chi connectivity index (χ0n) is 12.6. The van der Waals surface area contributed by atoms with Crippen molar-refractivity contribution in [3.8, 4) is 0 Å². The van der Waals surface area contributed by atoms with Crippen LogP contribution in [0, 0.1) is 5.92 Å². The molecule has 2 fully saturated rings. The molecule has 5 nitrogen and oxygen atoms in total. The summed E-state index contributed by atoms with van der Waals surface area (Å²) in [6, 6.07) is 0.855. The topological polar surface area (TPSA) is 46.0 Å². The standard InChI is InChI=1S/C15H27N5/c1-2-16-11-14-12-20(18-17-14)10-9-19-8-7-13-5-3-4-6-15(13)19/h12-13,15-16H,2-11H2,1H3. The molecule has 0 spiro atoms. The summed E-state index contributed by atoms with van der Waals surface area (Å²) in [4.78, 5) is 2.69. The van der Waals surface area contributed by atoms with E-state index in [0.717, 1.165) is 43.8 Å². The van der Waals surface area contributed by atoms with Crippen LogP contribution in [0.3, 0.4) is 0 Å². The lowest BCUT2D eigenvalue weighted by Crippen LogP contribution is -2.36. The predicted octanol–water partition coefficient (Wildman–Crippen LogP) is 1.65. The Kier molecular flexibility index (Phi) is 4.68. The van der Waals surface area contributed by atoms with Crippen LogP contribution in [-0.2, 0) is 13.1 Å². The van der Waals surface area contributed by atoms with Crippen molar-refractivity contribution < 1.29 is 0 Å². The highest BCUT2D eigenvalue weighted by Gasteiger charge is 2.35. The fraction of sp³-hybridized carbons (Fsp3) is 0.867. The Labute approximate surface area is 121 Å². The van der Waals surface area contributed by atoms with Crippen LogP contribution in [-0.4, -0.2) is 45.6 Å². The molecule has 3 rings (SSSR count). The molecule has 1 aromatic heterocycles. The summed E-state index contributed by atoms with van der Waals surface area (Å²) >= 11 is 0. The summed E-state index contributed by atoms with van der Waals surface area (Å²) in [5.74, 6) is 0.976. The van der Waals surface area contributed by atoms with Gasteiger partial charge in [-0.2, -0.15) is 0 Å². The smallest absolute Gasteiger partial charge is 0.0964 e. The van der Waals surface area contributed by atoms with E-state index in [1.165, 1.54) is 38.6 Å². The van der Waals surface area contributed by atoms with Gasteiger partial charge < -0.3 is 5.32 Å². The molecule has 0 radical (unpaired) electrons. The summed E-state index contributed by atoms with van der Waals surface area (Å²) in [6.45, 7) is 7.30. The van der Waals surface area contributed by atoms with Gasteiger partial charge in [0, 0.05) is 25.3 Å². The second-order valence-corrected chi connectivity index (χ2v) is 6.19. The largest absolute Gasteiger partial charge is 0.311 e. The van der Waals surface area contributed by atoms with Gasteiger partial charge in [-0.1, -0.05) is 25.0 Å². The molecule has 1 aliphatic carbocycles. The Morgan fingerprint density at radius 1 is 1.25 bits per heavy atom. The summed E-state index contributed by atoms with van der Waals surface area (Å²) < 4.78 is 2.00. The number of nitrogens with one attached hydrogen (secondary N) is 1. The highest BCUT2D eigenvalue weighted by atomic mass is 15.4. The first-order valence-electron chi connectivity index (χ1n) is 8.20. The van der Waals surface area contributed by atoms with Gasteiger partial charge in [-0.25, -0.2) is 0 Å². The molecule has 0 aromatic carbocycles. The van der Waals surface area contributed by atoms with E-state index < -0.39 is 0 Å². The van der Waals surface area contributed by atoms with E-state index in [-0.39, 0.29) is 0 Å². The quantitative estimate of drug-likeness (QED) is 0.859. The second-order valence-electron chi connectivity index (χ2n) is 6.19. The highest BCUT2D eigenvalue weighted by molar-refractivity contribution is 4.92. The molecule has 2 unspecified atom stereocenters. The van der Waals surface area contributed by atoms with Crippen molar-refractivity contribution >= 4 is 0 Å². The first-order chi connectivity index (χ1) is 9.86. The average Bonchev–Trinajstić information content (AvgIpc) is 3.10. The Morgan fingerprint density at radius 2 is 2.15 bits per heavy atom. The first-order valence-corrected chi connectivity index (χ1v) is 8.20. The molecular formula is C15H27N5. The van der Waals surface area contributed by atoms with Gasteiger partial charge in [0.1, 0.15) is 0 Å². The molecule has 1 saturated heterocycles. The molecule has 0 bridgehead atoms. The van der Waals surface area contributed by atoms with Crippen LogP contribution in [0.1, 0.15) is 44.7 Å². The Balaban J connectivity index is 1.48. The maximum atomic E-state index is 4.23. The molecule has 5 heteroatoms. The summed E-state index contributed by atoms with van der Waals surface area (Å²) in [6.07, 6.45) is 9.23. The van der Waals surface area contributed by atoms with Crippen molar-refractivity contribution in [3.63, 3.8) is 0 Å². The molecule has 2 atom stereocenters. The zero-order chi connectivity index (χ0) is 13.8. The van der Waals surface area contributed by atoms with E-state index >= 15 is 0 Å². The number of likely N-dealkylation sites (tertiary alicyclic amines) is 1. The predicted molar refractivity (Wildman–Crippen MR) is 79.3 cm³/mol. The van der Waals surface area contributed by atoms with Crippen LogP contribution in [0.4, 0.5) is 0 Å². The van der Waals surface area contributed by atoms with Gasteiger partial charge >= 0.3 is 0 Å². The Hall–Kier alpha value is -0.940. The van der Waals surface area contributed by atoms with Crippen molar-refractivity contribution in [2.24, 2.45) is 5.92 Å². The molecule has 1 aromatic rings. The number of aromatic nitrogens is 3. The lowest BCUT2D eigenvalue weighted by atomic mass is 9.85. The van der Waals surface area contributed by atoms with Gasteiger partial charge in [0.25, 0.3) is 0 Å². The number of fused-ring (bicyclic) bond motifs is 1. The molecule has 1 saturated carbocycles. The molecular weight excluding hydrogens is 250 g/mol. The SMILES string of the molecule is CCNCc1cn(CCN2CCC3CCCCC32)nn1. The van der Waals surface area contributed by atoms with E-state index in [1.54, 1.807) is 0 Å². The lowest BCUT2D eigenvalue weighted by molar-refractivity contribution is 0.175. The van der Waals surface area contributed by atoms with Crippen molar-refractivity contribution in [1.29, 1.82) is 0 Å². The van der Waals surface area contributed by atoms with E-state index in [4.69, 9.17) is 0 Å². The lowest BCUT2D eigenvalue weighted by Gasteiger charge is -2.31. The summed E-state index contributed by atoms with van der Waals surface area (Å²) in [5.41, 5.74) is 1.05. The number of nitrogens with zero attached hydrogens (tertiary/aromatic N) is 4. The molecule has 0 amide bonds. The second kappa shape index (κ2) is 6.68. The number of rotatable bonds is 6. The average molecular weight is 277 g/mol. The maximum Gasteiger partial charge on any atom is 0.0964 e. The first kappa shape index (κ1) is 14.0. The van der Waals surface area contributed by atoms with Crippen LogP contribution < -0.4 is 5.32 Å². The summed E-state index contributed by atoms with van der Waals surface area (Å²) in [5, 5.41) is 11.7. The van der Waals surface area contributed by atoms with Crippen LogP contribution >= 0.6 is 0 Å². The molecule has 2 heterocycles. The third-order valence-electron chi connectivity index (χ3n) is 4.88. The van der Waals surface area contributed by atoms with Gasteiger partial charge in [-0.3, -0.25) is 9.58 Å². The molecule has 20 heavy (non-hydrogen) atoms. The van der Waals surface area contributed by atoms with E-state index in [1.807, 2.05) is 4.68 Å². The van der Waals surface area contributed by atoms with Gasteiger partial charge in [0.2, 0.25) is 0 Å². The zero-order valence-corrected chi connectivity index (χ0v) is 12.6.